The van der Waals surface area contributed by atoms with E-state index in [4.69, 9.17) is 0 Å². The van der Waals surface area contributed by atoms with Crippen LogP contribution in [0, 0.1) is 0 Å². The monoisotopic (exact) mass is 262 g/mol. The molecule has 76 valence electrons. The quantitative estimate of drug-likeness (QED) is 0.829. The zero-order chi connectivity index (χ0) is 10.7. The average molecular weight is 263 g/mol. The van der Waals surface area contributed by atoms with E-state index in [1.54, 1.807) is 0 Å². The van der Waals surface area contributed by atoms with Gasteiger partial charge in [-0.05, 0) is 18.6 Å². The summed E-state index contributed by atoms with van der Waals surface area (Å²) >= 11 is 3.40. The topological polar surface area (TPSA) is 25.8 Å². The number of hydrogen-bond acceptors (Lipinski definition) is 2. The van der Waals surface area contributed by atoms with Crippen molar-refractivity contribution in [3.05, 3.63) is 46.8 Å². The standard InChI is InChI=1S/C12H11BrN2/c1-2-11-7-15-12(8-14-11)9-3-5-10(13)6-4-9/h3-8H,2H2,1H3. The first-order valence-corrected chi connectivity index (χ1v) is 5.65. The van der Waals surface area contributed by atoms with E-state index in [9.17, 15) is 0 Å². The molecule has 3 heteroatoms. The summed E-state index contributed by atoms with van der Waals surface area (Å²) in [7, 11) is 0. The predicted octanol–water partition coefficient (Wildman–Crippen LogP) is 3.47. The van der Waals surface area contributed by atoms with Crippen molar-refractivity contribution in [3.8, 4) is 11.3 Å². The van der Waals surface area contributed by atoms with Gasteiger partial charge in [0.1, 0.15) is 0 Å². The highest BCUT2D eigenvalue weighted by molar-refractivity contribution is 9.10. The van der Waals surface area contributed by atoms with Crippen LogP contribution in [0.2, 0.25) is 0 Å². The number of aromatic nitrogens is 2. The molecule has 0 spiro atoms. The second-order valence-corrected chi connectivity index (χ2v) is 4.17. The maximum absolute atomic E-state index is 4.37. The molecule has 0 fully saturated rings. The van der Waals surface area contributed by atoms with Gasteiger partial charge in [0, 0.05) is 16.2 Å². The lowest BCUT2D eigenvalue weighted by Gasteiger charge is -2.01. The molecule has 1 heterocycles. The Labute approximate surface area is 97.5 Å². The zero-order valence-corrected chi connectivity index (χ0v) is 10.0. The maximum atomic E-state index is 4.37. The van der Waals surface area contributed by atoms with Gasteiger partial charge in [-0.15, -0.1) is 0 Å². The van der Waals surface area contributed by atoms with Crippen LogP contribution in [-0.4, -0.2) is 9.97 Å². The van der Waals surface area contributed by atoms with Gasteiger partial charge in [0.15, 0.2) is 0 Å². The van der Waals surface area contributed by atoms with E-state index >= 15 is 0 Å². The normalized spacial score (nSPS) is 10.3. The molecule has 1 aromatic heterocycles. The first-order valence-electron chi connectivity index (χ1n) is 4.86. The molecule has 0 amide bonds. The van der Waals surface area contributed by atoms with Crippen molar-refractivity contribution >= 4 is 15.9 Å². The third-order valence-corrected chi connectivity index (χ3v) is 2.74. The van der Waals surface area contributed by atoms with Crippen LogP contribution < -0.4 is 0 Å². The Hall–Kier alpha value is -1.22. The average Bonchev–Trinajstić information content (AvgIpc) is 2.30. The van der Waals surface area contributed by atoms with Crippen LogP contribution in [0.5, 0.6) is 0 Å². The molecule has 2 aromatic rings. The van der Waals surface area contributed by atoms with E-state index in [1.807, 2.05) is 36.7 Å². The fourth-order valence-electron chi connectivity index (χ4n) is 1.31. The van der Waals surface area contributed by atoms with E-state index in [-0.39, 0.29) is 0 Å². The molecule has 0 atom stereocenters. The smallest absolute Gasteiger partial charge is 0.0885 e. The number of halogens is 1. The lowest BCUT2D eigenvalue weighted by molar-refractivity contribution is 1.00. The Kier molecular flexibility index (Phi) is 3.11. The summed E-state index contributed by atoms with van der Waals surface area (Å²) in [5.41, 5.74) is 3.03. The van der Waals surface area contributed by atoms with Gasteiger partial charge >= 0.3 is 0 Å². The Morgan fingerprint density at radius 1 is 1.07 bits per heavy atom. The lowest BCUT2D eigenvalue weighted by Crippen LogP contribution is -1.90. The third kappa shape index (κ3) is 2.42. The summed E-state index contributed by atoms with van der Waals surface area (Å²) in [4.78, 5) is 8.69. The molecule has 0 unspecified atom stereocenters. The first kappa shape index (κ1) is 10.3. The van der Waals surface area contributed by atoms with Crippen LogP contribution in [0.1, 0.15) is 12.6 Å². The number of aryl methyl sites for hydroxylation is 1. The van der Waals surface area contributed by atoms with Gasteiger partial charge in [-0.25, -0.2) is 0 Å². The van der Waals surface area contributed by atoms with Crippen LogP contribution in [0.15, 0.2) is 41.1 Å². The second kappa shape index (κ2) is 4.53. The van der Waals surface area contributed by atoms with Gasteiger partial charge in [0.2, 0.25) is 0 Å². The van der Waals surface area contributed by atoms with E-state index in [1.165, 1.54) is 0 Å². The molecule has 2 rings (SSSR count). The molecular formula is C12H11BrN2. The van der Waals surface area contributed by atoms with E-state index in [2.05, 4.69) is 32.8 Å². The van der Waals surface area contributed by atoms with E-state index < -0.39 is 0 Å². The van der Waals surface area contributed by atoms with Crippen LogP contribution in [0.25, 0.3) is 11.3 Å². The molecule has 0 bridgehead atoms. The molecule has 0 N–H and O–H groups in total. The summed E-state index contributed by atoms with van der Waals surface area (Å²) in [5.74, 6) is 0. The van der Waals surface area contributed by atoms with Crippen molar-refractivity contribution in [2.45, 2.75) is 13.3 Å². The highest BCUT2D eigenvalue weighted by atomic mass is 79.9. The molecule has 0 aliphatic carbocycles. The summed E-state index contributed by atoms with van der Waals surface area (Å²) < 4.78 is 1.07. The van der Waals surface area contributed by atoms with Crippen molar-refractivity contribution in [1.29, 1.82) is 0 Å². The molecule has 1 aromatic carbocycles. The number of rotatable bonds is 2. The maximum Gasteiger partial charge on any atom is 0.0885 e. The molecule has 15 heavy (non-hydrogen) atoms. The molecule has 0 saturated carbocycles. The van der Waals surface area contributed by atoms with Crippen LogP contribution in [-0.2, 0) is 6.42 Å². The SMILES string of the molecule is CCc1cnc(-c2ccc(Br)cc2)cn1. The van der Waals surface area contributed by atoms with Crippen LogP contribution >= 0.6 is 15.9 Å². The minimum absolute atomic E-state index is 0.916. The summed E-state index contributed by atoms with van der Waals surface area (Å²) in [6.07, 6.45) is 4.58. The van der Waals surface area contributed by atoms with Gasteiger partial charge in [-0.2, -0.15) is 0 Å². The summed E-state index contributed by atoms with van der Waals surface area (Å²) in [6, 6.07) is 8.06. The molecule has 0 radical (unpaired) electrons. The Bertz CT molecular complexity index is 434. The molecule has 0 aliphatic rings. The van der Waals surface area contributed by atoms with Crippen molar-refractivity contribution in [3.63, 3.8) is 0 Å². The molecule has 2 nitrogen and oxygen atoms in total. The Morgan fingerprint density at radius 2 is 1.80 bits per heavy atom. The van der Waals surface area contributed by atoms with Crippen molar-refractivity contribution in [2.75, 3.05) is 0 Å². The van der Waals surface area contributed by atoms with Gasteiger partial charge in [0.25, 0.3) is 0 Å². The fourth-order valence-corrected chi connectivity index (χ4v) is 1.57. The van der Waals surface area contributed by atoms with Crippen molar-refractivity contribution < 1.29 is 0 Å². The van der Waals surface area contributed by atoms with Crippen molar-refractivity contribution in [1.82, 2.24) is 9.97 Å². The predicted molar refractivity (Wildman–Crippen MR) is 64.5 cm³/mol. The number of benzene rings is 1. The Morgan fingerprint density at radius 3 is 2.33 bits per heavy atom. The Balaban J connectivity index is 2.33. The fraction of sp³-hybridized carbons (Fsp3) is 0.167. The minimum atomic E-state index is 0.916. The van der Waals surface area contributed by atoms with Gasteiger partial charge < -0.3 is 0 Å². The van der Waals surface area contributed by atoms with Crippen molar-refractivity contribution in [2.24, 2.45) is 0 Å². The molecular weight excluding hydrogens is 252 g/mol. The van der Waals surface area contributed by atoms with Crippen LogP contribution in [0.3, 0.4) is 0 Å². The van der Waals surface area contributed by atoms with E-state index in [0.717, 1.165) is 27.8 Å². The summed E-state index contributed by atoms with van der Waals surface area (Å²) in [5, 5.41) is 0. The lowest BCUT2D eigenvalue weighted by atomic mass is 10.2. The second-order valence-electron chi connectivity index (χ2n) is 3.25. The minimum Gasteiger partial charge on any atom is -0.257 e. The highest BCUT2D eigenvalue weighted by Crippen LogP contribution is 2.18. The number of hydrogen-bond donors (Lipinski definition) is 0. The van der Waals surface area contributed by atoms with Gasteiger partial charge in [0.05, 0.1) is 17.6 Å². The first-order chi connectivity index (χ1) is 7.29. The largest absolute Gasteiger partial charge is 0.257 e. The number of nitrogens with zero attached hydrogens (tertiary/aromatic N) is 2. The highest BCUT2D eigenvalue weighted by Gasteiger charge is 1.99. The molecule has 0 saturated heterocycles. The zero-order valence-electron chi connectivity index (χ0n) is 8.44. The van der Waals surface area contributed by atoms with Crippen LogP contribution in [0.4, 0.5) is 0 Å². The molecule has 0 aliphatic heterocycles. The van der Waals surface area contributed by atoms with Gasteiger partial charge in [-0.1, -0.05) is 35.0 Å². The van der Waals surface area contributed by atoms with E-state index in [0.29, 0.717) is 0 Å². The summed E-state index contributed by atoms with van der Waals surface area (Å²) in [6.45, 7) is 2.07. The van der Waals surface area contributed by atoms with Gasteiger partial charge in [-0.3, -0.25) is 9.97 Å². The third-order valence-electron chi connectivity index (χ3n) is 2.21.